The predicted octanol–water partition coefficient (Wildman–Crippen LogP) is 1.94. The van der Waals surface area contributed by atoms with Crippen molar-refractivity contribution in [2.24, 2.45) is 0 Å². The Labute approximate surface area is 144 Å². The molecule has 0 aliphatic rings. The van der Waals surface area contributed by atoms with Crippen LogP contribution in [0.4, 0.5) is 28.9 Å². The molecule has 1 aromatic carbocycles. The second-order valence-electron chi connectivity index (χ2n) is 4.78. The highest BCUT2D eigenvalue weighted by Gasteiger charge is 2.21. The molecule has 0 fully saturated rings. The smallest absolute Gasteiger partial charge is 0.270 e. The summed E-state index contributed by atoms with van der Waals surface area (Å²) in [6, 6.07) is 4.19. The molecule has 1 aromatic heterocycles. The van der Waals surface area contributed by atoms with Crippen LogP contribution in [0.3, 0.4) is 0 Å². The number of nitro benzene ring substituents is 1. The minimum atomic E-state index is -4.15. The van der Waals surface area contributed by atoms with Gasteiger partial charge in [0.25, 0.3) is 17.6 Å². The molecule has 13 heteroatoms. The first-order valence-electron chi connectivity index (χ1n) is 6.81. The number of pyridine rings is 1. The number of nitro groups is 1. The standard InChI is InChI=1S/C13H10F4N4O4S/c14-9-11(10(15)13(17)20-12(9)16)18-4-5-19-26(24,25)8-3-1-2-7(6-8)21(22)23/h1-3,6,19H,4-5H2,(H,18,20). The van der Waals surface area contributed by atoms with Gasteiger partial charge in [0.15, 0.2) is 0 Å². The first-order valence-corrected chi connectivity index (χ1v) is 8.30. The van der Waals surface area contributed by atoms with Crippen LogP contribution >= 0.6 is 0 Å². The Balaban J connectivity index is 2.04. The van der Waals surface area contributed by atoms with E-state index in [0.29, 0.717) is 0 Å². The summed E-state index contributed by atoms with van der Waals surface area (Å²) in [6.45, 7) is -0.875. The Bertz CT molecular complexity index is 929. The fraction of sp³-hybridized carbons (Fsp3) is 0.154. The van der Waals surface area contributed by atoms with E-state index in [9.17, 15) is 36.1 Å². The third-order valence-corrected chi connectivity index (χ3v) is 4.51. The summed E-state index contributed by atoms with van der Waals surface area (Å²) in [7, 11) is -4.15. The molecule has 0 aliphatic carbocycles. The Hall–Kier alpha value is -2.80. The van der Waals surface area contributed by atoms with Crippen LogP contribution in [-0.4, -0.2) is 31.4 Å². The van der Waals surface area contributed by atoms with E-state index in [0.717, 1.165) is 24.3 Å². The summed E-state index contributed by atoms with van der Waals surface area (Å²) in [5.41, 5.74) is -1.58. The van der Waals surface area contributed by atoms with Crippen molar-refractivity contribution < 1.29 is 30.9 Å². The van der Waals surface area contributed by atoms with E-state index >= 15 is 0 Å². The normalized spacial score (nSPS) is 11.4. The molecule has 2 N–H and O–H groups in total. The van der Waals surface area contributed by atoms with E-state index in [1.54, 1.807) is 0 Å². The minimum Gasteiger partial charge on any atom is -0.379 e. The minimum absolute atomic E-state index is 0.398. The van der Waals surface area contributed by atoms with Crippen molar-refractivity contribution in [2.45, 2.75) is 4.90 Å². The highest BCUT2D eigenvalue weighted by atomic mass is 32.2. The van der Waals surface area contributed by atoms with Crippen molar-refractivity contribution >= 4 is 21.4 Å². The number of nitrogens with one attached hydrogen (secondary N) is 2. The molecule has 0 radical (unpaired) electrons. The predicted molar refractivity (Wildman–Crippen MR) is 80.8 cm³/mol. The zero-order chi connectivity index (χ0) is 19.5. The monoisotopic (exact) mass is 394 g/mol. The molecule has 8 nitrogen and oxygen atoms in total. The maximum atomic E-state index is 13.4. The SMILES string of the molecule is O=[N+]([O-])c1cccc(S(=O)(=O)NCCNc2c(F)c(F)nc(F)c2F)c1. The van der Waals surface area contributed by atoms with Gasteiger partial charge in [0, 0.05) is 25.2 Å². The number of aromatic nitrogens is 1. The van der Waals surface area contributed by atoms with Crippen molar-refractivity contribution in [1.29, 1.82) is 0 Å². The molecule has 26 heavy (non-hydrogen) atoms. The highest BCUT2D eigenvalue weighted by molar-refractivity contribution is 7.89. The number of hydrogen-bond acceptors (Lipinski definition) is 6. The molecule has 1 heterocycles. The molecular formula is C13H10F4N4O4S. The molecule has 0 bridgehead atoms. The third-order valence-electron chi connectivity index (χ3n) is 3.06. The number of hydrogen-bond donors (Lipinski definition) is 2. The number of rotatable bonds is 7. The molecule has 0 saturated carbocycles. The molecule has 0 amide bonds. The van der Waals surface area contributed by atoms with Crippen LogP contribution in [0.5, 0.6) is 0 Å². The van der Waals surface area contributed by atoms with Crippen LogP contribution in [0, 0.1) is 33.6 Å². The maximum Gasteiger partial charge on any atom is 0.270 e. The van der Waals surface area contributed by atoms with Gasteiger partial charge in [-0.25, -0.2) is 13.1 Å². The second kappa shape index (κ2) is 7.61. The lowest BCUT2D eigenvalue weighted by atomic mass is 10.3. The van der Waals surface area contributed by atoms with Gasteiger partial charge in [-0.05, 0) is 6.07 Å². The van der Waals surface area contributed by atoms with Crippen LogP contribution < -0.4 is 10.0 Å². The largest absolute Gasteiger partial charge is 0.379 e. The van der Waals surface area contributed by atoms with Gasteiger partial charge in [0.2, 0.25) is 21.7 Å². The summed E-state index contributed by atoms with van der Waals surface area (Å²) in [5.74, 6) is -7.23. The Morgan fingerprint density at radius 3 is 2.27 bits per heavy atom. The van der Waals surface area contributed by atoms with Crippen molar-refractivity contribution in [1.82, 2.24) is 9.71 Å². The van der Waals surface area contributed by atoms with Crippen molar-refractivity contribution in [3.8, 4) is 0 Å². The second-order valence-corrected chi connectivity index (χ2v) is 6.54. The molecule has 0 unspecified atom stereocenters. The van der Waals surface area contributed by atoms with Crippen molar-refractivity contribution in [3.63, 3.8) is 0 Å². The average molecular weight is 394 g/mol. The van der Waals surface area contributed by atoms with Gasteiger partial charge in [0.05, 0.1) is 9.82 Å². The van der Waals surface area contributed by atoms with Gasteiger partial charge in [-0.3, -0.25) is 10.1 Å². The third kappa shape index (κ3) is 4.23. The fourth-order valence-electron chi connectivity index (χ4n) is 1.86. The van der Waals surface area contributed by atoms with Crippen LogP contribution in [0.1, 0.15) is 0 Å². The van der Waals surface area contributed by atoms with E-state index in [2.05, 4.69) is 4.98 Å². The lowest BCUT2D eigenvalue weighted by Gasteiger charge is -2.10. The summed E-state index contributed by atoms with van der Waals surface area (Å²) in [4.78, 5) is 11.9. The summed E-state index contributed by atoms with van der Waals surface area (Å²) >= 11 is 0. The molecule has 0 spiro atoms. The van der Waals surface area contributed by atoms with Crippen LogP contribution in [0.25, 0.3) is 0 Å². The molecule has 0 saturated heterocycles. The van der Waals surface area contributed by atoms with Crippen molar-refractivity contribution in [3.05, 3.63) is 57.9 Å². The number of sulfonamides is 1. The van der Waals surface area contributed by atoms with Crippen LogP contribution in [0.2, 0.25) is 0 Å². The summed E-state index contributed by atoms with van der Waals surface area (Å²) in [5, 5.41) is 12.7. The fourth-order valence-corrected chi connectivity index (χ4v) is 2.93. The molecule has 2 rings (SSSR count). The Kier molecular flexibility index (Phi) is 5.72. The van der Waals surface area contributed by atoms with Gasteiger partial charge in [-0.15, -0.1) is 0 Å². The first kappa shape index (κ1) is 19.5. The van der Waals surface area contributed by atoms with E-state index in [1.807, 2.05) is 10.0 Å². The molecule has 2 aromatic rings. The molecule has 0 aliphatic heterocycles. The molecule has 140 valence electrons. The number of non-ortho nitro benzene ring substituents is 1. The summed E-state index contributed by atoms with van der Waals surface area (Å²) in [6.07, 6.45) is 0. The number of nitrogens with zero attached hydrogens (tertiary/aromatic N) is 2. The van der Waals surface area contributed by atoms with Crippen molar-refractivity contribution in [2.75, 3.05) is 18.4 Å². The van der Waals surface area contributed by atoms with E-state index < -0.39 is 67.8 Å². The maximum absolute atomic E-state index is 13.4. The van der Waals surface area contributed by atoms with Gasteiger partial charge in [0.1, 0.15) is 5.69 Å². The van der Waals surface area contributed by atoms with Gasteiger partial charge in [-0.1, -0.05) is 6.07 Å². The zero-order valence-electron chi connectivity index (χ0n) is 12.7. The average Bonchev–Trinajstić information content (AvgIpc) is 2.59. The van der Waals surface area contributed by atoms with E-state index in [4.69, 9.17) is 0 Å². The first-order chi connectivity index (χ1) is 12.1. The van der Waals surface area contributed by atoms with Gasteiger partial charge in [-0.2, -0.15) is 22.5 Å². The molecule has 0 atom stereocenters. The number of benzene rings is 1. The summed E-state index contributed by atoms with van der Waals surface area (Å²) < 4.78 is 78.7. The lowest BCUT2D eigenvalue weighted by Crippen LogP contribution is -2.29. The quantitative estimate of drug-likeness (QED) is 0.244. The zero-order valence-corrected chi connectivity index (χ0v) is 13.5. The highest BCUT2D eigenvalue weighted by Crippen LogP contribution is 2.21. The van der Waals surface area contributed by atoms with Gasteiger partial charge >= 0.3 is 0 Å². The van der Waals surface area contributed by atoms with Crippen LogP contribution in [-0.2, 0) is 10.0 Å². The topological polar surface area (TPSA) is 114 Å². The Morgan fingerprint density at radius 1 is 1.08 bits per heavy atom. The lowest BCUT2D eigenvalue weighted by molar-refractivity contribution is -0.385. The van der Waals surface area contributed by atoms with E-state index in [-0.39, 0.29) is 0 Å². The number of halogens is 4. The van der Waals surface area contributed by atoms with Crippen LogP contribution in [0.15, 0.2) is 29.2 Å². The molecular weight excluding hydrogens is 384 g/mol. The van der Waals surface area contributed by atoms with Gasteiger partial charge < -0.3 is 5.32 Å². The number of anilines is 1. The Morgan fingerprint density at radius 2 is 1.69 bits per heavy atom. The van der Waals surface area contributed by atoms with E-state index in [1.165, 1.54) is 0 Å².